The first-order valence-corrected chi connectivity index (χ1v) is 8.13. The molecule has 0 atom stereocenters. The average Bonchev–Trinajstić information content (AvgIpc) is 3.08. The van der Waals surface area contributed by atoms with Crippen molar-refractivity contribution in [1.29, 1.82) is 0 Å². The van der Waals surface area contributed by atoms with Gasteiger partial charge in [0.1, 0.15) is 17.8 Å². The van der Waals surface area contributed by atoms with Crippen LogP contribution in [0.1, 0.15) is 16.1 Å². The lowest BCUT2D eigenvalue weighted by Gasteiger charge is -2.07. The molecule has 128 valence electrons. The quantitative estimate of drug-likeness (QED) is 0.669. The highest BCUT2D eigenvalue weighted by atomic mass is 35.5. The molecule has 0 aliphatic rings. The molecule has 1 aromatic carbocycles. The Labute approximate surface area is 150 Å². The zero-order valence-electron chi connectivity index (χ0n) is 14.1. The van der Waals surface area contributed by atoms with Crippen molar-refractivity contribution in [3.8, 4) is 22.5 Å². The van der Waals surface area contributed by atoms with E-state index in [0.717, 1.165) is 22.4 Å². The van der Waals surface area contributed by atoms with Gasteiger partial charge in [-0.05, 0) is 36.2 Å². The molecule has 7 heteroatoms. The van der Waals surface area contributed by atoms with Gasteiger partial charge < -0.3 is 15.6 Å². The number of hydrogen-bond donors (Lipinski definition) is 3. The molecule has 2 heterocycles. The van der Waals surface area contributed by atoms with Crippen molar-refractivity contribution in [2.24, 2.45) is 0 Å². The minimum Gasteiger partial charge on any atom is -0.373 e. The largest absolute Gasteiger partial charge is 0.373 e. The first kappa shape index (κ1) is 17.0. The molecule has 3 aromatic rings. The summed E-state index contributed by atoms with van der Waals surface area (Å²) in [5, 5.41) is 6.26. The molecule has 0 spiro atoms. The van der Waals surface area contributed by atoms with E-state index in [9.17, 15) is 4.79 Å². The van der Waals surface area contributed by atoms with E-state index in [1.165, 1.54) is 6.33 Å². The fourth-order valence-corrected chi connectivity index (χ4v) is 2.81. The molecule has 2 aromatic heterocycles. The van der Waals surface area contributed by atoms with Gasteiger partial charge in [0.05, 0.1) is 11.4 Å². The Morgan fingerprint density at radius 2 is 1.92 bits per heavy atom. The zero-order chi connectivity index (χ0) is 18.0. The number of carbonyl (C=O) groups is 1. The highest BCUT2D eigenvalue weighted by Crippen LogP contribution is 2.33. The van der Waals surface area contributed by atoms with Crippen molar-refractivity contribution < 1.29 is 4.79 Å². The number of aromatic amines is 1. The number of rotatable bonds is 4. The maximum absolute atomic E-state index is 12.4. The third-order valence-corrected chi connectivity index (χ3v) is 4.20. The van der Waals surface area contributed by atoms with Crippen molar-refractivity contribution >= 4 is 23.3 Å². The van der Waals surface area contributed by atoms with E-state index in [-0.39, 0.29) is 5.91 Å². The van der Waals surface area contributed by atoms with Gasteiger partial charge in [-0.2, -0.15) is 0 Å². The van der Waals surface area contributed by atoms with Gasteiger partial charge in [0, 0.05) is 30.7 Å². The second-order valence-corrected chi connectivity index (χ2v) is 5.98. The highest BCUT2D eigenvalue weighted by molar-refractivity contribution is 6.31. The molecule has 6 nitrogen and oxygen atoms in total. The van der Waals surface area contributed by atoms with Crippen LogP contribution in [-0.2, 0) is 0 Å². The van der Waals surface area contributed by atoms with E-state index >= 15 is 0 Å². The van der Waals surface area contributed by atoms with E-state index in [0.29, 0.717) is 22.2 Å². The van der Waals surface area contributed by atoms with Crippen LogP contribution in [0, 0.1) is 6.92 Å². The molecular formula is C18H18ClN5O. The number of anilines is 1. The number of hydrogen-bond acceptors (Lipinski definition) is 4. The number of H-pyrrole nitrogens is 1. The zero-order valence-corrected chi connectivity index (χ0v) is 14.9. The normalized spacial score (nSPS) is 10.6. The van der Waals surface area contributed by atoms with Crippen molar-refractivity contribution in [3.05, 3.63) is 52.9 Å². The summed E-state index contributed by atoms with van der Waals surface area (Å²) < 4.78 is 0. The number of carbonyl (C=O) groups excluding carboxylic acids is 1. The second kappa shape index (κ2) is 6.94. The third kappa shape index (κ3) is 3.34. The van der Waals surface area contributed by atoms with Crippen LogP contribution < -0.4 is 10.6 Å². The Hall–Kier alpha value is -2.86. The predicted molar refractivity (Wildman–Crippen MR) is 99.9 cm³/mol. The first-order chi connectivity index (χ1) is 12.0. The Kier molecular flexibility index (Phi) is 4.72. The van der Waals surface area contributed by atoms with Crippen LogP contribution in [0.2, 0.25) is 5.02 Å². The molecule has 0 aliphatic heterocycles. The van der Waals surface area contributed by atoms with Crippen LogP contribution in [0.15, 0.2) is 36.7 Å². The minimum atomic E-state index is -0.205. The molecule has 0 radical (unpaired) electrons. The summed E-state index contributed by atoms with van der Waals surface area (Å²) in [5.74, 6) is 0.491. The van der Waals surface area contributed by atoms with Gasteiger partial charge in [0.25, 0.3) is 5.91 Å². The lowest BCUT2D eigenvalue weighted by atomic mass is 10.00. The smallest absolute Gasteiger partial charge is 0.268 e. The summed E-state index contributed by atoms with van der Waals surface area (Å²) in [6, 6.07) is 9.34. The van der Waals surface area contributed by atoms with Gasteiger partial charge in [0.15, 0.2) is 0 Å². The molecule has 1 amide bonds. The minimum absolute atomic E-state index is 0.205. The monoisotopic (exact) mass is 355 g/mol. The number of amides is 1. The lowest BCUT2D eigenvalue weighted by molar-refractivity contribution is 0.0959. The first-order valence-electron chi connectivity index (χ1n) is 7.75. The second-order valence-electron chi connectivity index (χ2n) is 5.55. The van der Waals surface area contributed by atoms with Gasteiger partial charge in [-0.25, -0.2) is 9.97 Å². The topological polar surface area (TPSA) is 82.7 Å². The van der Waals surface area contributed by atoms with Crippen molar-refractivity contribution in [1.82, 2.24) is 20.3 Å². The van der Waals surface area contributed by atoms with E-state index < -0.39 is 0 Å². The Morgan fingerprint density at radius 3 is 2.64 bits per heavy atom. The molecular weight excluding hydrogens is 338 g/mol. The summed E-state index contributed by atoms with van der Waals surface area (Å²) in [4.78, 5) is 23.9. The van der Waals surface area contributed by atoms with Crippen LogP contribution in [0.5, 0.6) is 0 Å². The van der Waals surface area contributed by atoms with Crippen LogP contribution in [0.3, 0.4) is 0 Å². The Bertz CT molecular complexity index is 935. The third-order valence-electron chi connectivity index (χ3n) is 3.96. The molecule has 0 fully saturated rings. The summed E-state index contributed by atoms with van der Waals surface area (Å²) in [6.07, 6.45) is 1.48. The van der Waals surface area contributed by atoms with Gasteiger partial charge in [-0.3, -0.25) is 4.79 Å². The van der Waals surface area contributed by atoms with Crippen LogP contribution in [-0.4, -0.2) is 35.0 Å². The number of nitrogens with zero attached hydrogens (tertiary/aromatic N) is 2. The van der Waals surface area contributed by atoms with Gasteiger partial charge in [0.2, 0.25) is 0 Å². The fraction of sp³-hybridized carbons (Fsp3) is 0.167. The maximum Gasteiger partial charge on any atom is 0.268 e. The summed E-state index contributed by atoms with van der Waals surface area (Å²) in [5.41, 5.74) is 4.59. The standard InChI is InChI=1S/C18H18ClN5O/c1-10-4-5-11(19)6-12(10)13-7-15(24-17(13)18(25)21-3)14-8-16(20-2)23-9-22-14/h4-9,24H,1-3H3,(H,21,25)(H,20,22,23). The van der Waals surface area contributed by atoms with Gasteiger partial charge >= 0.3 is 0 Å². The summed E-state index contributed by atoms with van der Waals surface area (Å²) in [6.45, 7) is 1.98. The summed E-state index contributed by atoms with van der Waals surface area (Å²) in [7, 11) is 3.39. The maximum atomic E-state index is 12.4. The average molecular weight is 356 g/mol. The number of nitrogens with one attached hydrogen (secondary N) is 3. The Morgan fingerprint density at radius 1 is 1.12 bits per heavy atom. The predicted octanol–water partition coefficient (Wildman–Crippen LogP) is 3.50. The van der Waals surface area contributed by atoms with E-state index in [2.05, 4.69) is 25.6 Å². The van der Waals surface area contributed by atoms with Crippen LogP contribution in [0.4, 0.5) is 5.82 Å². The number of aromatic nitrogens is 3. The van der Waals surface area contributed by atoms with E-state index in [1.807, 2.05) is 37.3 Å². The highest BCUT2D eigenvalue weighted by Gasteiger charge is 2.19. The molecule has 3 N–H and O–H groups in total. The molecule has 0 saturated carbocycles. The van der Waals surface area contributed by atoms with Gasteiger partial charge in [-0.15, -0.1) is 0 Å². The SMILES string of the molecule is CNC(=O)c1[nH]c(-c2cc(NC)ncn2)cc1-c1cc(Cl)ccc1C. The Balaban J connectivity index is 2.19. The van der Waals surface area contributed by atoms with E-state index in [1.54, 1.807) is 14.1 Å². The van der Waals surface area contributed by atoms with Gasteiger partial charge in [-0.1, -0.05) is 17.7 Å². The molecule has 0 unspecified atom stereocenters. The molecule has 25 heavy (non-hydrogen) atoms. The van der Waals surface area contributed by atoms with Crippen molar-refractivity contribution in [3.63, 3.8) is 0 Å². The van der Waals surface area contributed by atoms with Crippen LogP contribution in [0.25, 0.3) is 22.5 Å². The molecule has 3 rings (SSSR count). The fourth-order valence-electron chi connectivity index (χ4n) is 2.63. The number of halogens is 1. The van der Waals surface area contributed by atoms with E-state index in [4.69, 9.17) is 11.6 Å². The lowest BCUT2D eigenvalue weighted by Crippen LogP contribution is -2.19. The summed E-state index contributed by atoms with van der Waals surface area (Å²) >= 11 is 6.16. The number of aryl methyl sites for hydroxylation is 1. The van der Waals surface area contributed by atoms with Crippen molar-refractivity contribution in [2.45, 2.75) is 6.92 Å². The molecule has 0 aliphatic carbocycles. The van der Waals surface area contributed by atoms with Crippen LogP contribution >= 0.6 is 11.6 Å². The molecule has 0 saturated heterocycles. The number of benzene rings is 1. The molecule has 0 bridgehead atoms. The van der Waals surface area contributed by atoms with Crippen molar-refractivity contribution in [2.75, 3.05) is 19.4 Å².